The second-order valence-electron chi connectivity index (χ2n) is 5.18. The molecular formula is C17H21ClN2O3S. The summed E-state index contributed by atoms with van der Waals surface area (Å²) < 4.78 is 11.9. The first-order valence-corrected chi connectivity index (χ1v) is 8.72. The summed E-state index contributed by atoms with van der Waals surface area (Å²) in [5, 5.41) is 5.77. The molecule has 1 amide bonds. The number of hydrogen-bond donors (Lipinski definition) is 2. The average Bonchev–Trinajstić information content (AvgIpc) is 3.02. The molecule has 130 valence electrons. The maximum absolute atomic E-state index is 11.5. The Balaban J connectivity index is 1.97. The molecule has 0 fully saturated rings. The molecule has 0 spiro atoms. The van der Waals surface area contributed by atoms with E-state index < -0.39 is 0 Å². The lowest BCUT2D eigenvalue weighted by Crippen LogP contribution is -2.40. The monoisotopic (exact) mass is 368 g/mol. The highest BCUT2D eigenvalue weighted by molar-refractivity contribution is 7.16. The molecule has 2 rings (SSSR count). The quantitative estimate of drug-likeness (QED) is 0.751. The van der Waals surface area contributed by atoms with Crippen molar-refractivity contribution in [2.75, 3.05) is 14.2 Å². The Kier molecular flexibility index (Phi) is 6.90. The number of ether oxygens (including phenoxy) is 2. The van der Waals surface area contributed by atoms with E-state index in [0.717, 1.165) is 20.5 Å². The zero-order valence-electron chi connectivity index (χ0n) is 13.9. The van der Waals surface area contributed by atoms with E-state index in [9.17, 15) is 4.79 Å². The van der Waals surface area contributed by atoms with E-state index in [2.05, 4.69) is 10.6 Å². The lowest BCUT2D eigenvalue weighted by Gasteiger charge is -2.15. The Morgan fingerprint density at radius 1 is 1.33 bits per heavy atom. The van der Waals surface area contributed by atoms with Gasteiger partial charge in [0.2, 0.25) is 5.91 Å². The first kappa shape index (κ1) is 18.6. The van der Waals surface area contributed by atoms with Crippen LogP contribution in [0.3, 0.4) is 0 Å². The number of hydrogen-bond acceptors (Lipinski definition) is 5. The van der Waals surface area contributed by atoms with Gasteiger partial charge in [-0.05, 0) is 25.1 Å². The van der Waals surface area contributed by atoms with Crippen LogP contribution in [0.4, 0.5) is 0 Å². The maximum atomic E-state index is 11.5. The van der Waals surface area contributed by atoms with Gasteiger partial charge in [-0.3, -0.25) is 4.79 Å². The molecular weight excluding hydrogens is 348 g/mol. The molecule has 0 aliphatic rings. The molecule has 7 heteroatoms. The van der Waals surface area contributed by atoms with E-state index in [1.54, 1.807) is 14.2 Å². The van der Waals surface area contributed by atoms with Crippen LogP contribution in [0.5, 0.6) is 11.5 Å². The van der Waals surface area contributed by atoms with Crippen LogP contribution >= 0.6 is 22.9 Å². The Morgan fingerprint density at radius 3 is 2.75 bits per heavy atom. The fourth-order valence-corrected chi connectivity index (χ4v) is 3.12. The molecule has 1 aromatic carbocycles. The van der Waals surface area contributed by atoms with E-state index >= 15 is 0 Å². The number of benzene rings is 1. The third-order valence-corrected chi connectivity index (χ3v) is 4.71. The zero-order chi connectivity index (χ0) is 17.5. The van der Waals surface area contributed by atoms with Crippen molar-refractivity contribution >= 4 is 28.8 Å². The Hall–Kier alpha value is -1.76. The minimum atomic E-state index is -0.279. The van der Waals surface area contributed by atoms with Crippen LogP contribution in [0.15, 0.2) is 30.3 Å². The molecule has 2 N–H and O–H groups in total. The maximum Gasteiger partial charge on any atom is 0.236 e. The molecule has 0 aliphatic heterocycles. The van der Waals surface area contributed by atoms with Crippen LogP contribution in [0.25, 0.3) is 0 Å². The highest BCUT2D eigenvalue weighted by Crippen LogP contribution is 2.27. The van der Waals surface area contributed by atoms with Crippen molar-refractivity contribution in [3.63, 3.8) is 0 Å². The number of halogens is 1. The first-order valence-electron chi connectivity index (χ1n) is 7.52. The molecule has 0 saturated heterocycles. The molecule has 0 radical (unpaired) electrons. The second-order valence-corrected chi connectivity index (χ2v) is 6.98. The van der Waals surface area contributed by atoms with Crippen LogP contribution in [0.2, 0.25) is 4.34 Å². The van der Waals surface area contributed by atoms with Gasteiger partial charge in [-0.1, -0.05) is 17.7 Å². The highest BCUT2D eigenvalue weighted by atomic mass is 35.5. The number of carbonyl (C=O) groups excluding carboxylic acids is 1. The van der Waals surface area contributed by atoms with E-state index in [1.165, 1.54) is 11.3 Å². The van der Waals surface area contributed by atoms with Gasteiger partial charge in [0.05, 0.1) is 17.5 Å². The van der Waals surface area contributed by atoms with E-state index in [0.29, 0.717) is 18.9 Å². The van der Waals surface area contributed by atoms with Crippen molar-refractivity contribution < 1.29 is 14.3 Å². The summed E-state index contributed by atoms with van der Waals surface area (Å²) >= 11 is 7.41. The number of rotatable bonds is 8. The average molecular weight is 369 g/mol. The van der Waals surface area contributed by atoms with Gasteiger partial charge >= 0.3 is 0 Å². The highest BCUT2D eigenvalue weighted by Gasteiger charge is 2.12. The van der Waals surface area contributed by atoms with Gasteiger partial charge in [-0.2, -0.15) is 0 Å². The summed E-state index contributed by atoms with van der Waals surface area (Å²) in [5.41, 5.74) is 0.958. The molecule has 0 aliphatic carbocycles. The number of carbonyl (C=O) groups is 1. The molecule has 0 saturated carbocycles. The van der Waals surface area contributed by atoms with Gasteiger partial charge in [-0.15, -0.1) is 11.3 Å². The van der Waals surface area contributed by atoms with Gasteiger partial charge in [-0.25, -0.2) is 0 Å². The summed E-state index contributed by atoms with van der Waals surface area (Å²) in [6.07, 6.45) is 0. The van der Waals surface area contributed by atoms with Crippen molar-refractivity contribution in [3.8, 4) is 11.5 Å². The predicted molar refractivity (Wildman–Crippen MR) is 97.0 cm³/mol. The lowest BCUT2D eigenvalue weighted by atomic mass is 10.1. The number of nitrogens with one attached hydrogen (secondary N) is 2. The van der Waals surface area contributed by atoms with Crippen LogP contribution in [0, 0.1) is 0 Å². The predicted octanol–water partition coefficient (Wildman–Crippen LogP) is 3.21. The topological polar surface area (TPSA) is 59.6 Å². The number of amides is 1. The zero-order valence-corrected chi connectivity index (χ0v) is 15.5. The van der Waals surface area contributed by atoms with Crippen LogP contribution in [0.1, 0.15) is 17.4 Å². The molecule has 24 heavy (non-hydrogen) atoms. The fourth-order valence-electron chi connectivity index (χ4n) is 2.12. The number of thiophene rings is 1. The van der Waals surface area contributed by atoms with Crippen LogP contribution in [-0.4, -0.2) is 26.1 Å². The van der Waals surface area contributed by atoms with E-state index in [-0.39, 0.29) is 11.9 Å². The Morgan fingerprint density at radius 2 is 2.12 bits per heavy atom. The molecule has 1 aromatic heterocycles. The largest absolute Gasteiger partial charge is 0.496 e. The summed E-state index contributed by atoms with van der Waals surface area (Å²) in [5.74, 6) is 1.39. The third kappa shape index (κ3) is 5.12. The molecule has 1 atom stereocenters. The van der Waals surface area contributed by atoms with Crippen molar-refractivity contribution in [2.24, 2.45) is 0 Å². The summed E-state index contributed by atoms with van der Waals surface area (Å²) in [4.78, 5) is 12.6. The summed E-state index contributed by atoms with van der Waals surface area (Å²) in [6, 6.07) is 9.19. The minimum absolute atomic E-state index is 0.0523. The van der Waals surface area contributed by atoms with Crippen molar-refractivity contribution in [2.45, 2.75) is 26.1 Å². The van der Waals surface area contributed by atoms with Crippen molar-refractivity contribution in [1.82, 2.24) is 10.6 Å². The standard InChI is InChI=1S/C17H21ClN2O3S/c1-11(17(21)19-2)20-9-12-4-5-13(8-15(12)22-3)23-10-14-6-7-16(18)24-14/h4-8,11,20H,9-10H2,1-3H3,(H,19,21)/t11-/m0/s1. The SMILES string of the molecule is CNC(=O)[C@H](C)NCc1ccc(OCc2ccc(Cl)s2)cc1OC. The van der Waals surface area contributed by atoms with Gasteiger partial charge in [0, 0.05) is 30.1 Å². The second kappa shape index (κ2) is 8.92. The van der Waals surface area contributed by atoms with Crippen LogP contribution in [-0.2, 0) is 17.9 Å². The normalized spacial score (nSPS) is 11.8. The fraction of sp³-hybridized carbons (Fsp3) is 0.353. The summed E-state index contributed by atoms with van der Waals surface area (Å²) in [7, 11) is 3.23. The molecule has 5 nitrogen and oxygen atoms in total. The number of likely N-dealkylation sites (N-methyl/N-ethyl adjacent to an activating group) is 1. The van der Waals surface area contributed by atoms with Gasteiger partial charge in [0.1, 0.15) is 18.1 Å². The molecule has 0 unspecified atom stereocenters. The summed E-state index contributed by atoms with van der Waals surface area (Å²) in [6.45, 7) is 2.80. The van der Waals surface area contributed by atoms with E-state index in [1.807, 2.05) is 37.3 Å². The smallest absolute Gasteiger partial charge is 0.236 e. The molecule has 2 aromatic rings. The van der Waals surface area contributed by atoms with Crippen LogP contribution < -0.4 is 20.1 Å². The lowest BCUT2D eigenvalue weighted by molar-refractivity contribution is -0.122. The van der Waals surface area contributed by atoms with Gasteiger partial charge in [0.15, 0.2) is 0 Å². The third-order valence-electron chi connectivity index (χ3n) is 3.51. The van der Waals surface area contributed by atoms with Gasteiger partial charge < -0.3 is 20.1 Å². The minimum Gasteiger partial charge on any atom is -0.496 e. The first-order chi connectivity index (χ1) is 11.5. The van der Waals surface area contributed by atoms with Crippen molar-refractivity contribution in [3.05, 3.63) is 45.1 Å². The molecule has 1 heterocycles. The Bertz CT molecular complexity index is 690. The van der Waals surface area contributed by atoms with Crippen molar-refractivity contribution in [1.29, 1.82) is 0 Å². The Labute approximate surface area is 150 Å². The molecule has 0 bridgehead atoms. The van der Waals surface area contributed by atoms with E-state index in [4.69, 9.17) is 21.1 Å². The van der Waals surface area contributed by atoms with Gasteiger partial charge in [0.25, 0.3) is 0 Å². The number of methoxy groups -OCH3 is 1.